The molecule has 0 aliphatic carbocycles. The lowest BCUT2D eigenvalue weighted by molar-refractivity contribution is -0.116. The number of benzene rings is 1. The van der Waals surface area contributed by atoms with Crippen LogP contribution in [0.3, 0.4) is 0 Å². The molecule has 1 aromatic heterocycles. The molecule has 0 aliphatic heterocycles. The first-order chi connectivity index (χ1) is 13.8. The minimum absolute atomic E-state index is 0.0177. The minimum atomic E-state index is -3.16. The molecule has 2 aromatic rings. The van der Waals surface area contributed by atoms with Gasteiger partial charge in [-0.1, -0.05) is 6.07 Å². The third-order valence-electron chi connectivity index (χ3n) is 3.81. The van der Waals surface area contributed by atoms with Crippen molar-refractivity contribution in [2.75, 3.05) is 20.6 Å². The van der Waals surface area contributed by atoms with Gasteiger partial charge in [-0.25, -0.2) is 0 Å². The molecule has 2 rings (SSSR count). The Bertz CT molecular complexity index is 814. The Morgan fingerprint density at radius 2 is 1.90 bits per heavy atom. The number of hydrogen-bond donors (Lipinski definition) is 1. The predicted molar refractivity (Wildman–Crippen MR) is 102 cm³/mol. The van der Waals surface area contributed by atoms with Crippen LogP contribution in [0.25, 0.3) is 6.08 Å². The Morgan fingerprint density at radius 3 is 2.48 bits per heavy atom. The third-order valence-corrected chi connectivity index (χ3v) is 4.78. The van der Waals surface area contributed by atoms with Crippen LogP contribution in [0.4, 0.5) is 17.6 Å². The number of likely N-dealkylation sites (N-methyl/N-ethyl adjacent to an activating group) is 1. The molecule has 0 spiro atoms. The van der Waals surface area contributed by atoms with Crippen molar-refractivity contribution in [3.8, 4) is 11.5 Å². The van der Waals surface area contributed by atoms with E-state index in [-0.39, 0.29) is 23.1 Å². The number of thiophene rings is 1. The summed E-state index contributed by atoms with van der Waals surface area (Å²) in [7, 11) is 3.78. The first kappa shape index (κ1) is 22.7. The van der Waals surface area contributed by atoms with E-state index in [4.69, 9.17) is 0 Å². The average molecular weight is 432 g/mol. The Balaban J connectivity index is 2.06. The SMILES string of the molecule is CN(C)C(CNC(=O)/C=C/c1ccc(OC(F)F)cc1OC(F)F)c1cccs1. The van der Waals surface area contributed by atoms with E-state index in [1.165, 1.54) is 18.2 Å². The molecule has 1 atom stereocenters. The summed E-state index contributed by atoms with van der Waals surface area (Å²) in [5.41, 5.74) is 0.115. The Hall–Kier alpha value is -2.59. The molecule has 0 radical (unpaired) electrons. The van der Waals surface area contributed by atoms with Gasteiger partial charge in [-0.05, 0) is 43.8 Å². The maximum Gasteiger partial charge on any atom is 0.387 e. The first-order valence-corrected chi connectivity index (χ1v) is 9.33. The van der Waals surface area contributed by atoms with Crippen molar-refractivity contribution in [3.63, 3.8) is 0 Å². The predicted octanol–water partition coefficient (Wildman–Crippen LogP) is 4.38. The van der Waals surface area contributed by atoms with Crippen molar-refractivity contribution in [2.45, 2.75) is 19.3 Å². The lowest BCUT2D eigenvalue weighted by Crippen LogP contribution is -2.33. The van der Waals surface area contributed by atoms with Gasteiger partial charge in [0, 0.05) is 29.1 Å². The van der Waals surface area contributed by atoms with Gasteiger partial charge >= 0.3 is 13.2 Å². The first-order valence-electron chi connectivity index (χ1n) is 8.45. The van der Waals surface area contributed by atoms with Gasteiger partial charge in [0.25, 0.3) is 0 Å². The minimum Gasteiger partial charge on any atom is -0.435 e. The number of alkyl halides is 4. The van der Waals surface area contributed by atoms with Crippen molar-refractivity contribution < 1.29 is 31.8 Å². The van der Waals surface area contributed by atoms with Crippen LogP contribution in [0.2, 0.25) is 0 Å². The largest absolute Gasteiger partial charge is 0.435 e. The Morgan fingerprint density at radius 1 is 1.17 bits per heavy atom. The fourth-order valence-corrected chi connectivity index (χ4v) is 3.39. The molecular formula is C19H20F4N2O3S. The van der Waals surface area contributed by atoms with Gasteiger partial charge in [0.05, 0.1) is 6.04 Å². The van der Waals surface area contributed by atoms with Gasteiger partial charge in [0.2, 0.25) is 5.91 Å². The summed E-state index contributed by atoms with van der Waals surface area (Å²) in [5.74, 6) is -1.15. The van der Waals surface area contributed by atoms with E-state index in [9.17, 15) is 22.4 Å². The maximum absolute atomic E-state index is 12.6. The number of ether oxygens (including phenoxy) is 2. The van der Waals surface area contributed by atoms with E-state index in [2.05, 4.69) is 14.8 Å². The number of nitrogens with one attached hydrogen (secondary N) is 1. The second-order valence-electron chi connectivity index (χ2n) is 6.03. The summed E-state index contributed by atoms with van der Waals surface area (Å²) < 4.78 is 58.3. The summed E-state index contributed by atoms with van der Waals surface area (Å²) in [6.45, 7) is -5.92. The van der Waals surface area contributed by atoms with Gasteiger partial charge in [0.15, 0.2) is 0 Å². The fourth-order valence-electron chi connectivity index (χ4n) is 2.47. The topological polar surface area (TPSA) is 50.8 Å². The van der Waals surface area contributed by atoms with E-state index < -0.39 is 19.1 Å². The van der Waals surface area contributed by atoms with Crippen LogP contribution in [0, 0.1) is 0 Å². The lowest BCUT2D eigenvalue weighted by Gasteiger charge is -2.23. The number of nitrogens with zero attached hydrogens (tertiary/aromatic N) is 1. The van der Waals surface area contributed by atoms with Crippen molar-refractivity contribution >= 4 is 23.3 Å². The summed E-state index contributed by atoms with van der Waals surface area (Å²) >= 11 is 1.57. The Labute approximate surface area is 169 Å². The molecule has 1 N–H and O–H groups in total. The molecule has 0 saturated carbocycles. The van der Waals surface area contributed by atoms with E-state index in [0.29, 0.717) is 6.54 Å². The Kier molecular flexibility index (Phi) is 8.47. The molecule has 10 heteroatoms. The number of rotatable bonds is 10. The third kappa shape index (κ3) is 7.39. The zero-order valence-electron chi connectivity index (χ0n) is 15.7. The summed E-state index contributed by atoms with van der Waals surface area (Å²) in [6, 6.07) is 7.19. The van der Waals surface area contributed by atoms with Crippen LogP contribution < -0.4 is 14.8 Å². The fraction of sp³-hybridized carbons (Fsp3) is 0.316. The molecule has 5 nitrogen and oxygen atoms in total. The normalized spacial score (nSPS) is 12.7. The van der Waals surface area contributed by atoms with Crippen LogP contribution in [0.1, 0.15) is 16.5 Å². The second-order valence-corrected chi connectivity index (χ2v) is 7.01. The molecular weight excluding hydrogens is 412 g/mol. The van der Waals surface area contributed by atoms with Crippen molar-refractivity contribution in [2.24, 2.45) is 0 Å². The van der Waals surface area contributed by atoms with E-state index in [1.54, 1.807) is 11.3 Å². The maximum atomic E-state index is 12.6. The van der Waals surface area contributed by atoms with Gasteiger partial charge in [0.1, 0.15) is 11.5 Å². The molecule has 1 heterocycles. The van der Waals surface area contributed by atoms with Gasteiger partial charge in [-0.15, -0.1) is 11.3 Å². The van der Waals surface area contributed by atoms with Crippen LogP contribution >= 0.6 is 11.3 Å². The zero-order chi connectivity index (χ0) is 21.4. The average Bonchev–Trinajstić information content (AvgIpc) is 3.14. The molecule has 1 amide bonds. The van der Waals surface area contributed by atoms with E-state index >= 15 is 0 Å². The highest BCUT2D eigenvalue weighted by Crippen LogP contribution is 2.28. The smallest absolute Gasteiger partial charge is 0.387 e. The van der Waals surface area contributed by atoms with Gasteiger partial charge in [-0.3, -0.25) is 4.79 Å². The van der Waals surface area contributed by atoms with Crippen LogP contribution in [0.15, 0.2) is 41.8 Å². The molecule has 0 bridgehead atoms. The number of halogens is 4. The standard InChI is InChI=1S/C19H20F4N2O3S/c1-25(2)14(16-4-3-9-29-16)11-24-17(26)8-6-12-5-7-13(27-18(20)21)10-15(12)28-19(22)23/h3-10,14,18-19H,11H2,1-2H3,(H,24,26)/b8-6+. The highest BCUT2D eigenvalue weighted by atomic mass is 32.1. The van der Waals surface area contributed by atoms with E-state index in [0.717, 1.165) is 17.0 Å². The van der Waals surface area contributed by atoms with Gasteiger partial charge in [-0.2, -0.15) is 17.6 Å². The molecule has 0 aliphatic rings. The summed E-state index contributed by atoms with van der Waals surface area (Å²) in [6.07, 6.45) is 2.41. The molecule has 0 saturated heterocycles. The number of hydrogen-bond acceptors (Lipinski definition) is 5. The van der Waals surface area contributed by atoms with Crippen LogP contribution in [-0.4, -0.2) is 44.7 Å². The van der Waals surface area contributed by atoms with Crippen LogP contribution in [0.5, 0.6) is 11.5 Å². The van der Waals surface area contributed by atoms with Crippen molar-refractivity contribution in [3.05, 3.63) is 52.2 Å². The molecule has 29 heavy (non-hydrogen) atoms. The molecule has 1 unspecified atom stereocenters. The summed E-state index contributed by atoms with van der Waals surface area (Å²) in [4.78, 5) is 15.2. The molecule has 158 valence electrons. The molecule has 0 fully saturated rings. The highest BCUT2D eigenvalue weighted by molar-refractivity contribution is 7.10. The lowest BCUT2D eigenvalue weighted by atomic mass is 10.1. The van der Waals surface area contributed by atoms with Crippen molar-refractivity contribution in [1.82, 2.24) is 10.2 Å². The van der Waals surface area contributed by atoms with Gasteiger partial charge < -0.3 is 19.7 Å². The zero-order valence-corrected chi connectivity index (χ0v) is 16.5. The monoisotopic (exact) mass is 432 g/mol. The van der Waals surface area contributed by atoms with Crippen LogP contribution in [-0.2, 0) is 4.79 Å². The van der Waals surface area contributed by atoms with Crippen molar-refractivity contribution in [1.29, 1.82) is 0 Å². The highest BCUT2D eigenvalue weighted by Gasteiger charge is 2.16. The molecule has 1 aromatic carbocycles. The number of carbonyl (C=O) groups is 1. The summed E-state index contributed by atoms with van der Waals surface area (Å²) in [5, 5.41) is 4.69. The second kappa shape index (κ2) is 10.8. The van der Waals surface area contributed by atoms with E-state index in [1.807, 2.05) is 36.5 Å². The number of carbonyl (C=O) groups excluding carboxylic acids is 1. The quantitative estimate of drug-likeness (QED) is 0.447. The number of amides is 1.